The van der Waals surface area contributed by atoms with E-state index in [1.807, 2.05) is 0 Å². The molecule has 0 aliphatic rings. The molecule has 2 aromatic heterocycles. The van der Waals surface area contributed by atoms with Crippen LogP contribution in [-0.4, -0.2) is 36.4 Å². The maximum absolute atomic E-state index is 13.1. The second-order valence-electron chi connectivity index (χ2n) is 6.73. The molecule has 0 radical (unpaired) electrons. The smallest absolute Gasteiger partial charge is 0.341 e. The molecule has 3 rings (SSSR count). The van der Waals surface area contributed by atoms with Gasteiger partial charge in [0.25, 0.3) is 5.91 Å². The van der Waals surface area contributed by atoms with Gasteiger partial charge in [0.15, 0.2) is 11.7 Å². The average molecular weight is 459 g/mol. The van der Waals surface area contributed by atoms with Crippen molar-refractivity contribution in [1.29, 1.82) is 0 Å². The number of halogens is 1. The van der Waals surface area contributed by atoms with E-state index in [2.05, 4.69) is 15.6 Å². The van der Waals surface area contributed by atoms with Crippen LogP contribution in [0.15, 0.2) is 34.9 Å². The number of benzene rings is 1. The van der Waals surface area contributed by atoms with Gasteiger partial charge < -0.3 is 19.8 Å². The van der Waals surface area contributed by atoms with Crippen molar-refractivity contribution in [2.45, 2.75) is 26.7 Å². The molecule has 0 bridgehead atoms. The number of anilines is 1. The summed E-state index contributed by atoms with van der Waals surface area (Å²) in [5, 5.41) is 5.46. The molecule has 0 fully saturated rings. The van der Waals surface area contributed by atoms with Crippen LogP contribution in [0.25, 0.3) is 11.3 Å². The van der Waals surface area contributed by atoms with E-state index < -0.39 is 5.97 Å². The molecule has 2 amide bonds. The summed E-state index contributed by atoms with van der Waals surface area (Å²) in [5.74, 6) is -0.875. The molecule has 32 heavy (non-hydrogen) atoms. The number of ether oxygens (including phenoxy) is 1. The number of aromatic nitrogens is 1. The fourth-order valence-electron chi connectivity index (χ4n) is 2.96. The number of rotatable bonds is 8. The summed E-state index contributed by atoms with van der Waals surface area (Å²) in [6.45, 7) is 3.47. The zero-order valence-electron chi connectivity index (χ0n) is 17.8. The highest BCUT2D eigenvalue weighted by Crippen LogP contribution is 2.34. The monoisotopic (exact) mass is 459 g/mol. The first kappa shape index (κ1) is 23.1. The second kappa shape index (κ2) is 10.2. The third-order valence-electron chi connectivity index (χ3n) is 4.56. The minimum Gasteiger partial charge on any atom is -0.462 e. The van der Waals surface area contributed by atoms with Gasteiger partial charge in [-0.15, -0.1) is 11.3 Å². The predicted octanol–water partition coefficient (Wildman–Crippen LogP) is 3.96. The van der Waals surface area contributed by atoms with Gasteiger partial charge in [0.1, 0.15) is 10.8 Å². The SMILES string of the molecule is CCOC(=O)c1c(NC(=O)CCc2ncc(-c3ccc(F)cc3)o2)sc(C(=O)NC)c1C. The van der Waals surface area contributed by atoms with Crippen LogP contribution in [0.5, 0.6) is 0 Å². The quantitative estimate of drug-likeness (QED) is 0.494. The summed E-state index contributed by atoms with van der Waals surface area (Å²) in [7, 11) is 1.49. The highest BCUT2D eigenvalue weighted by atomic mass is 32.1. The summed E-state index contributed by atoms with van der Waals surface area (Å²) in [6, 6.07) is 5.79. The highest BCUT2D eigenvalue weighted by Gasteiger charge is 2.26. The Kier molecular flexibility index (Phi) is 7.37. The van der Waals surface area contributed by atoms with E-state index in [9.17, 15) is 18.8 Å². The van der Waals surface area contributed by atoms with Gasteiger partial charge in [-0.1, -0.05) is 0 Å². The van der Waals surface area contributed by atoms with Gasteiger partial charge in [-0.3, -0.25) is 9.59 Å². The van der Waals surface area contributed by atoms with Crippen molar-refractivity contribution in [2.75, 3.05) is 19.0 Å². The Morgan fingerprint density at radius 1 is 1.22 bits per heavy atom. The standard InChI is InChI=1S/C22H22FN3O5S/c1-4-30-22(29)18-12(2)19(20(28)24-3)32-21(18)26-16(27)9-10-17-25-11-15(31-17)13-5-7-14(23)8-6-13/h5-8,11H,4,9-10H2,1-3H3,(H,24,28)(H,26,27). The molecule has 0 spiro atoms. The van der Waals surface area contributed by atoms with E-state index in [0.717, 1.165) is 11.3 Å². The van der Waals surface area contributed by atoms with Gasteiger partial charge in [0.2, 0.25) is 5.91 Å². The van der Waals surface area contributed by atoms with Crippen molar-refractivity contribution >= 4 is 34.1 Å². The van der Waals surface area contributed by atoms with Crippen LogP contribution < -0.4 is 10.6 Å². The van der Waals surface area contributed by atoms with Crippen LogP contribution in [0, 0.1) is 12.7 Å². The Hall–Kier alpha value is -3.53. The molecular weight excluding hydrogens is 437 g/mol. The van der Waals surface area contributed by atoms with Crippen LogP contribution >= 0.6 is 11.3 Å². The van der Waals surface area contributed by atoms with E-state index in [1.54, 1.807) is 26.0 Å². The zero-order valence-corrected chi connectivity index (χ0v) is 18.6. The molecule has 10 heteroatoms. The molecule has 3 aromatic rings. The number of amides is 2. The molecule has 2 heterocycles. The lowest BCUT2D eigenvalue weighted by molar-refractivity contribution is -0.116. The van der Waals surface area contributed by atoms with Gasteiger partial charge in [-0.2, -0.15) is 0 Å². The number of nitrogens with one attached hydrogen (secondary N) is 2. The lowest BCUT2D eigenvalue weighted by atomic mass is 10.1. The van der Waals surface area contributed by atoms with Gasteiger partial charge in [-0.05, 0) is 43.7 Å². The van der Waals surface area contributed by atoms with E-state index in [4.69, 9.17) is 9.15 Å². The summed E-state index contributed by atoms with van der Waals surface area (Å²) in [6.07, 6.45) is 1.77. The van der Waals surface area contributed by atoms with Crippen LogP contribution in [-0.2, 0) is 16.0 Å². The second-order valence-corrected chi connectivity index (χ2v) is 7.75. The fourth-order valence-corrected chi connectivity index (χ4v) is 4.12. The molecule has 0 saturated heterocycles. The number of aryl methyl sites for hydroxylation is 1. The number of carbonyl (C=O) groups excluding carboxylic acids is 3. The van der Waals surface area contributed by atoms with E-state index >= 15 is 0 Å². The number of hydrogen-bond donors (Lipinski definition) is 2. The minimum atomic E-state index is -0.608. The summed E-state index contributed by atoms with van der Waals surface area (Å²) in [5.41, 5.74) is 1.28. The maximum atomic E-state index is 13.1. The first-order valence-corrected chi connectivity index (χ1v) is 10.7. The van der Waals surface area contributed by atoms with Crippen LogP contribution in [0.3, 0.4) is 0 Å². The number of carbonyl (C=O) groups is 3. The van der Waals surface area contributed by atoms with Crippen LogP contribution in [0.2, 0.25) is 0 Å². The summed E-state index contributed by atoms with van der Waals surface area (Å²) < 4.78 is 23.8. The van der Waals surface area contributed by atoms with Gasteiger partial charge >= 0.3 is 5.97 Å². The lowest BCUT2D eigenvalue weighted by Gasteiger charge is -2.06. The third-order valence-corrected chi connectivity index (χ3v) is 5.77. The van der Waals surface area contributed by atoms with Crippen molar-refractivity contribution in [1.82, 2.24) is 10.3 Å². The number of hydrogen-bond acceptors (Lipinski definition) is 7. The molecule has 1 aromatic carbocycles. The molecule has 0 aliphatic carbocycles. The number of thiophene rings is 1. The molecular formula is C22H22FN3O5S. The van der Waals surface area contributed by atoms with Gasteiger partial charge in [0.05, 0.1) is 23.2 Å². The lowest BCUT2D eigenvalue weighted by Crippen LogP contribution is -2.18. The van der Waals surface area contributed by atoms with Gasteiger partial charge in [0, 0.05) is 25.5 Å². The van der Waals surface area contributed by atoms with Gasteiger partial charge in [-0.25, -0.2) is 14.2 Å². The molecule has 0 atom stereocenters. The first-order chi connectivity index (χ1) is 15.3. The maximum Gasteiger partial charge on any atom is 0.341 e. The van der Waals surface area contributed by atoms with Crippen molar-refractivity contribution in [3.63, 3.8) is 0 Å². The van der Waals surface area contributed by atoms with E-state index in [0.29, 0.717) is 27.7 Å². The normalized spacial score (nSPS) is 10.6. The summed E-state index contributed by atoms with van der Waals surface area (Å²) in [4.78, 5) is 41.5. The summed E-state index contributed by atoms with van der Waals surface area (Å²) >= 11 is 1.01. The predicted molar refractivity (Wildman–Crippen MR) is 117 cm³/mol. The molecule has 0 aliphatic heterocycles. The molecule has 8 nitrogen and oxygen atoms in total. The fraction of sp³-hybridized carbons (Fsp3) is 0.273. The zero-order chi connectivity index (χ0) is 23.3. The van der Waals surface area contributed by atoms with Crippen molar-refractivity contribution in [3.05, 3.63) is 58.2 Å². The Bertz CT molecular complexity index is 1140. The topological polar surface area (TPSA) is 111 Å². The molecule has 168 valence electrons. The Morgan fingerprint density at radius 3 is 2.59 bits per heavy atom. The van der Waals surface area contributed by atoms with E-state index in [1.165, 1.54) is 25.4 Å². The van der Waals surface area contributed by atoms with Crippen molar-refractivity contribution in [2.24, 2.45) is 0 Å². The molecule has 0 unspecified atom stereocenters. The Balaban J connectivity index is 1.70. The molecule has 0 saturated carbocycles. The first-order valence-electron chi connectivity index (χ1n) is 9.87. The van der Waals surface area contributed by atoms with Crippen molar-refractivity contribution in [3.8, 4) is 11.3 Å². The van der Waals surface area contributed by atoms with Crippen LogP contribution in [0.1, 0.15) is 44.8 Å². The average Bonchev–Trinajstić information content (AvgIpc) is 3.37. The number of oxazole rings is 1. The Labute approximate surface area is 187 Å². The van der Waals surface area contributed by atoms with Crippen LogP contribution in [0.4, 0.5) is 9.39 Å². The van der Waals surface area contributed by atoms with E-state index in [-0.39, 0.29) is 47.6 Å². The minimum absolute atomic E-state index is 0.0396. The third kappa shape index (κ3) is 5.20. The highest BCUT2D eigenvalue weighted by molar-refractivity contribution is 7.18. The molecule has 2 N–H and O–H groups in total. The number of esters is 1. The van der Waals surface area contributed by atoms with Crippen molar-refractivity contribution < 1.29 is 27.9 Å². The largest absolute Gasteiger partial charge is 0.462 e. The Morgan fingerprint density at radius 2 is 1.94 bits per heavy atom. The number of nitrogens with zero attached hydrogens (tertiary/aromatic N) is 1.